The van der Waals surface area contributed by atoms with Gasteiger partial charge < -0.3 is 15.2 Å². The van der Waals surface area contributed by atoms with Gasteiger partial charge in [0.15, 0.2) is 0 Å². The van der Waals surface area contributed by atoms with Gasteiger partial charge in [0.25, 0.3) is 0 Å². The summed E-state index contributed by atoms with van der Waals surface area (Å²) in [6.07, 6.45) is 2.73. The summed E-state index contributed by atoms with van der Waals surface area (Å²) in [4.78, 5) is 11.3. The van der Waals surface area contributed by atoms with E-state index in [0.29, 0.717) is 12.0 Å². The quantitative estimate of drug-likeness (QED) is 0.716. The highest BCUT2D eigenvalue weighted by Crippen LogP contribution is 2.44. The summed E-state index contributed by atoms with van der Waals surface area (Å²) in [6.45, 7) is 8.05. The fraction of sp³-hybridized carbons (Fsp3) is 0.929. The summed E-state index contributed by atoms with van der Waals surface area (Å²) in [5, 5.41) is 12.8. The lowest BCUT2D eigenvalue weighted by atomic mass is 9.61. The Balaban J connectivity index is 2.52. The molecular formula is C14H27NO3. The van der Waals surface area contributed by atoms with Crippen molar-refractivity contribution in [3.8, 4) is 0 Å². The molecule has 0 aromatic carbocycles. The van der Waals surface area contributed by atoms with E-state index < -0.39 is 5.97 Å². The zero-order valence-corrected chi connectivity index (χ0v) is 12.0. The summed E-state index contributed by atoms with van der Waals surface area (Å²) >= 11 is 0. The van der Waals surface area contributed by atoms with E-state index in [1.54, 1.807) is 7.11 Å². The normalized spacial score (nSPS) is 31.2. The molecule has 0 saturated heterocycles. The molecule has 1 fully saturated rings. The summed E-state index contributed by atoms with van der Waals surface area (Å²) in [5.74, 6) is -0.496. The fourth-order valence-electron chi connectivity index (χ4n) is 3.03. The number of carboxylic acid groups (broad SMARTS) is 1. The average molecular weight is 257 g/mol. The monoisotopic (exact) mass is 257 g/mol. The van der Waals surface area contributed by atoms with Gasteiger partial charge in [-0.15, -0.1) is 0 Å². The highest BCUT2D eigenvalue weighted by atomic mass is 16.5. The molecule has 0 radical (unpaired) electrons. The third kappa shape index (κ3) is 3.45. The zero-order chi connectivity index (χ0) is 13.8. The van der Waals surface area contributed by atoms with E-state index in [1.165, 1.54) is 0 Å². The number of aliphatic carboxylic acids is 1. The van der Waals surface area contributed by atoms with Crippen molar-refractivity contribution in [3.05, 3.63) is 0 Å². The van der Waals surface area contributed by atoms with Crippen LogP contribution >= 0.6 is 0 Å². The Morgan fingerprint density at radius 3 is 2.67 bits per heavy atom. The van der Waals surface area contributed by atoms with Crippen LogP contribution in [0.5, 0.6) is 0 Å². The molecule has 2 N–H and O–H groups in total. The minimum absolute atomic E-state index is 0.150. The van der Waals surface area contributed by atoms with Crippen LogP contribution in [0.25, 0.3) is 0 Å². The highest BCUT2D eigenvalue weighted by molar-refractivity contribution is 5.71. The van der Waals surface area contributed by atoms with Crippen molar-refractivity contribution in [1.29, 1.82) is 0 Å². The third-order valence-corrected chi connectivity index (χ3v) is 4.67. The van der Waals surface area contributed by atoms with Gasteiger partial charge in [0.2, 0.25) is 0 Å². The Bertz CT molecular complexity index is 278. The van der Waals surface area contributed by atoms with Gasteiger partial charge in [0.05, 0.1) is 5.92 Å². The molecule has 0 amide bonds. The molecule has 1 rings (SSSR count). The minimum Gasteiger partial charge on any atom is -0.481 e. The van der Waals surface area contributed by atoms with E-state index in [2.05, 4.69) is 26.1 Å². The molecule has 0 aromatic rings. The smallest absolute Gasteiger partial charge is 0.307 e. The maximum Gasteiger partial charge on any atom is 0.307 e. The molecule has 0 bridgehead atoms. The Morgan fingerprint density at radius 1 is 1.44 bits per heavy atom. The van der Waals surface area contributed by atoms with E-state index in [-0.39, 0.29) is 11.3 Å². The van der Waals surface area contributed by atoms with Gasteiger partial charge in [-0.25, -0.2) is 0 Å². The Kier molecular flexibility index (Phi) is 5.60. The van der Waals surface area contributed by atoms with Crippen LogP contribution in [-0.4, -0.2) is 37.4 Å². The number of carboxylic acids is 1. The number of methoxy groups -OCH3 is 1. The van der Waals surface area contributed by atoms with Crippen LogP contribution in [-0.2, 0) is 9.53 Å². The molecular weight excluding hydrogens is 230 g/mol. The van der Waals surface area contributed by atoms with Gasteiger partial charge in [-0.3, -0.25) is 4.79 Å². The molecule has 0 spiro atoms. The van der Waals surface area contributed by atoms with E-state index in [1.807, 2.05) is 0 Å². The SMILES string of the molecule is COCCCNC1CCC(C(=O)O)C(C)(C)C1C. The molecule has 0 heterocycles. The number of hydrogen-bond donors (Lipinski definition) is 2. The predicted octanol–water partition coefficient (Wildman–Crippen LogP) is 2.14. The van der Waals surface area contributed by atoms with E-state index in [9.17, 15) is 9.90 Å². The molecule has 3 unspecified atom stereocenters. The van der Waals surface area contributed by atoms with Crippen LogP contribution in [0, 0.1) is 17.3 Å². The van der Waals surface area contributed by atoms with Crippen LogP contribution in [0.4, 0.5) is 0 Å². The molecule has 3 atom stereocenters. The zero-order valence-electron chi connectivity index (χ0n) is 12.0. The number of hydrogen-bond acceptors (Lipinski definition) is 3. The summed E-state index contributed by atoms with van der Waals surface area (Å²) in [6, 6.07) is 0.424. The Morgan fingerprint density at radius 2 is 2.11 bits per heavy atom. The molecule has 0 aromatic heterocycles. The van der Waals surface area contributed by atoms with Crippen LogP contribution in [0.1, 0.15) is 40.0 Å². The van der Waals surface area contributed by atoms with Gasteiger partial charge in [0.1, 0.15) is 0 Å². The largest absolute Gasteiger partial charge is 0.481 e. The maximum absolute atomic E-state index is 11.3. The molecule has 18 heavy (non-hydrogen) atoms. The average Bonchev–Trinajstić information content (AvgIpc) is 2.29. The summed E-state index contributed by atoms with van der Waals surface area (Å²) < 4.78 is 5.03. The third-order valence-electron chi connectivity index (χ3n) is 4.67. The second-order valence-corrected chi connectivity index (χ2v) is 5.99. The molecule has 1 aliphatic carbocycles. The van der Waals surface area contributed by atoms with Crippen LogP contribution in [0.3, 0.4) is 0 Å². The van der Waals surface area contributed by atoms with Gasteiger partial charge in [0, 0.05) is 19.8 Å². The van der Waals surface area contributed by atoms with E-state index in [4.69, 9.17) is 4.74 Å². The number of nitrogens with one attached hydrogen (secondary N) is 1. The number of ether oxygens (including phenoxy) is 1. The lowest BCUT2D eigenvalue weighted by molar-refractivity contribution is -0.150. The topological polar surface area (TPSA) is 58.6 Å². The van der Waals surface area contributed by atoms with Crippen LogP contribution in [0.2, 0.25) is 0 Å². The Labute approximate surface area is 110 Å². The van der Waals surface area contributed by atoms with Crippen LogP contribution < -0.4 is 5.32 Å². The molecule has 106 valence electrons. The lowest BCUT2D eigenvalue weighted by Gasteiger charge is -2.46. The molecule has 1 aliphatic rings. The number of carbonyl (C=O) groups is 1. The van der Waals surface area contributed by atoms with Gasteiger partial charge >= 0.3 is 5.97 Å². The minimum atomic E-state index is -0.648. The van der Waals surface area contributed by atoms with Crippen molar-refractivity contribution >= 4 is 5.97 Å². The standard InChI is InChI=1S/C14H27NO3/c1-10-12(15-8-5-9-18-4)7-6-11(13(16)17)14(10,2)3/h10-12,15H,5-9H2,1-4H3,(H,16,17). The van der Waals surface area contributed by atoms with E-state index >= 15 is 0 Å². The highest BCUT2D eigenvalue weighted by Gasteiger charge is 2.45. The molecule has 4 heteroatoms. The predicted molar refractivity (Wildman–Crippen MR) is 71.6 cm³/mol. The Hall–Kier alpha value is -0.610. The first-order chi connectivity index (χ1) is 8.41. The summed E-state index contributed by atoms with van der Waals surface area (Å²) in [7, 11) is 1.71. The fourth-order valence-corrected chi connectivity index (χ4v) is 3.03. The van der Waals surface area contributed by atoms with Crippen LogP contribution in [0.15, 0.2) is 0 Å². The maximum atomic E-state index is 11.3. The van der Waals surface area contributed by atoms with Gasteiger partial charge in [-0.1, -0.05) is 20.8 Å². The first-order valence-corrected chi connectivity index (χ1v) is 6.86. The second kappa shape index (κ2) is 6.53. The van der Waals surface area contributed by atoms with Crippen molar-refractivity contribution < 1.29 is 14.6 Å². The van der Waals surface area contributed by atoms with Crippen molar-refractivity contribution in [2.24, 2.45) is 17.3 Å². The second-order valence-electron chi connectivity index (χ2n) is 5.99. The summed E-state index contributed by atoms with van der Waals surface area (Å²) in [5.41, 5.74) is -0.150. The van der Waals surface area contributed by atoms with Crippen molar-refractivity contribution in [1.82, 2.24) is 5.32 Å². The van der Waals surface area contributed by atoms with Gasteiger partial charge in [-0.2, -0.15) is 0 Å². The molecule has 4 nitrogen and oxygen atoms in total. The first kappa shape index (κ1) is 15.4. The van der Waals surface area contributed by atoms with Crippen molar-refractivity contribution in [3.63, 3.8) is 0 Å². The molecule has 0 aliphatic heterocycles. The lowest BCUT2D eigenvalue weighted by Crippen LogP contribution is -2.51. The van der Waals surface area contributed by atoms with Crippen molar-refractivity contribution in [2.75, 3.05) is 20.3 Å². The van der Waals surface area contributed by atoms with E-state index in [0.717, 1.165) is 32.4 Å². The first-order valence-electron chi connectivity index (χ1n) is 6.86. The number of rotatable bonds is 6. The van der Waals surface area contributed by atoms with Crippen molar-refractivity contribution in [2.45, 2.75) is 46.1 Å². The van der Waals surface area contributed by atoms with Gasteiger partial charge in [-0.05, 0) is 37.1 Å². The molecule has 1 saturated carbocycles.